The molecule has 0 unspecified atom stereocenters. The summed E-state index contributed by atoms with van der Waals surface area (Å²) in [6, 6.07) is 15.8. The number of sulfonamides is 1. The van der Waals surface area contributed by atoms with Crippen LogP contribution in [0.5, 0.6) is 0 Å². The monoisotopic (exact) mass is 431 g/mol. The molecule has 0 aliphatic heterocycles. The minimum atomic E-state index is -3.34. The SMILES string of the molecule is CCNC(=NCc1ccccc1NS(C)(=O)=O)NCCN(CC)c1cccc(C)c1. The molecule has 164 valence electrons. The van der Waals surface area contributed by atoms with E-state index in [0.29, 0.717) is 18.2 Å². The Labute approximate surface area is 180 Å². The highest BCUT2D eigenvalue weighted by Crippen LogP contribution is 2.17. The van der Waals surface area contributed by atoms with Crippen LogP contribution in [-0.4, -0.2) is 46.8 Å². The first kappa shape index (κ1) is 23.5. The van der Waals surface area contributed by atoms with Crippen molar-refractivity contribution in [2.45, 2.75) is 27.3 Å². The summed E-state index contributed by atoms with van der Waals surface area (Å²) in [7, 11) is -3.34. The molecule has 0 atom stereocenters. The van der Waals surface area contributed by atoms with Crippen molar-refractivity contribution in [3.8, 4) is 0 Å². The van der Waals surface area contributed by atoms with Gasteiger partial charge in [-0.05, 0) is 50.1 Å². The molecule has 0 heterocycles. The third kappa shape index (κ3) is 7.94. The smallest absolute Gasteiger partial charge is 0.229 e. The number of hydrogen-bond donors (Lipinski definition) is 3. The van der Waals surface area contributed by atoms with Gasteiger partial charge in [-0.15, -0.1) is 0 Å². The first-order valence-electron chi connectivity index (χ1n) is 10.2. The zero-order chi connectivity index (χ0) is 22.0. The Kier molecular flexibility index (Phi) is 8.98. The number of anilines is 2. The van der Waals surface area contributed by atoms with Crippen LogP contribution in [0.2, 0.25) is 0 Å². The van der Waals surface area contributed by atoms with Gasteiger partial charge in [0.2, 0.25) is 10.0 Å². The zero-order valence-corrected chi connectivity index (χ0v) is 19.1. The molecule has 0 saturated heterocycles. The van der Waals surface area contributed by atoms with Crippen molar-refractivity contribution in [3.63, 3.8) is 0 Å². The number of para-hydroxylation sites is 1. The van der Waals surface area contributed by atoms with E-state index in [2.05, 4.69) is 63.4 Å². The summed E-state index contributed by atoms with van der Waals surface area (Å²) in [5, 5.41) is 6.61. The van der Waals surface area contributed by atoms with Crippen molar-refractivity contribution in [1.82, 2.24) is 10.6 Å². The van der Waals surface area contributed by atoms with Crippen LogP contribution in [0.1, 0.15) is 25.0 Å². The second-order valence-corrected chi connectivity index (χ2v) is 8.82. The molecule has 0 aliphatic carbocycles. The van der Waals surface area contributed by atoms with Crippen LogP contribution in [0.4, 0.5) is 11.4 Å². The molecule has 7 nitrogen and oxygen atoms in total. The van der Waals surface area contributed by atoms with Crippen molar-refractivity contribution in [1.29, 1.82) is 0 Å². The molecule has 2 aromatic carbocycles. The predicted molar refractivity (Wildman–Crippen MR) is 127 cm³/mol. The molecular formula is C22H33N5O2S. The second kappa shape index (κ2) is 11.4. The van der Waals surface area contributed by atoms with Gasteiger partial charge in [0.25, 0.3) is 0 Å². The zero-order valence-electron chi connectivity index (χ0n) is 18.3. The van der Waals surface area contributed by atoms with E-state index in [0.717, 1.165) is 38.0 Å². The van der Waals surface area contributed by atoms with Crippen LogP contribution in [0.25, 0.3) is 0 Å². The number of guanidine groups is 1. The Morgan fingerprint density at radius 1 is 1.07 bits per heavy atom. The summed E-state index contributed by atoms with van der Waals surface area (Å²) >= 11 is 0. The molecule has 0 bridgehead atoms. The van der Waals surface area contributed by atoms with E-state index in [1.165, 1.54) is 11.3 Å². The molecule has 0 amide bonds. The van der Waals surface area contributed by atoms with Gasteiger partial charge in [-0.3, -0.25) is 4.72 Å². The molecular weight excluding hydrogens is 398 g/mol. The minimum Gasteiger partial charge on any atom is -0.370 e. The van der Waals surface area contributed by atoms with E-state index in [9.17, 15) is 8.42 Å². The third-order valence-corrected chi connectivity index (χ3v) is 5.08. The Morgan fingerprint density at radius 3 is 2.50 bits per heavy atom. The standard InChI is InChI=1S/C22H33N5O2S/c1-5-23-22(24-14-15-27(6-2)20-12-9-10-18(3)16-20)25-17-19-11-7-8-13-21(19)26-30(4,28)29/h7-13,16,26H,5-6,14-15,17H2,1-4H3,(H2,23,24,25). The number of hydrogen-bond acceptors (Lipinski definition) is 4. The summed E-state index contributed by atoms with van der Waals surface area (Å²) in [6.45, 7) is 9.86. The highest BCUT2D eigenvalue weighted by Gasteiger charge is 2.08. The number of aliphatic imine (C=N–C) groups is 1. The van der Waals surface area contributed by atoms with Gasteiger partial charge in [-0.1, -0.05) is 30.3 Å². The highest BCUT2D eigenvalue weighted by molar-refractivity contribution is 7.92. The fourth-order valence-electron chi connectivity index (χ4n) is 3.07. The normalized spacial score (nSPS) is 11.8. The van der Waals surface area contributed by atoms with Gasteiger partial charge >= 0.3 is 0 Å². The van der Waals surface area contributed by atoms with Gasteiger partial charge in [0.05, 0.1) is 18.5 Å². The Balaban J connectivity index is 2.01. The summed E-state index contributed by atoms with van der Waals surface area (Å²) in [4.78, 5) is 6.94. The summed E-state index contributed by atoms with van der Waals surface area (Å²) in [5.41, 5.74) is 3.82. The maximum atomic E-state index is 11.6. The van der Waals surface area contributed by atoms with Crippen molar-refractivity contribution >= 4 is 27.4 Å². The van der Waals surface area contributed by atoms with Crippen LogP contribution in [0.3, 0.4) is 0 Å². The summed E-state index contributed by atoms with van der Waals surface area (Å²) in [5.74, 6) is 0.701. The number of nitrogens with zero attached hydrogens (tertiary/aromatic N) is 2. The van der Waals surface area contributed by atoms with Gasteiger partial charge in [0.15, 0.2) is 5.96 Å². The molecule has 8 heteroatoms. The lowest BCUT2D eigenvalue weighted by atomic mass is 10.2. The fourth-order valence-corrected chi connectivity index (χ4v) is 3.67. The van der Waals surface area contributed by atoms with Crippen molar-refractivity contribution < 1.29 is 8.42 Å². The van der Waals surface area contributed by atoms with Crippen LogP contribution in [0, 0.1) is 6.92 Å². The molecule has 2 aromatic rings. The van der Waals surface area contributed by atoms with E-state index in [1.54, 1.807) is 12.1 Å². The van der Waals surface area contributed by atoms with E-state index >= 15 is 0 Å². The lowest BCUT2D eigenvalue weighted by Crippen LogP contribution is -2.41. The van der Waals surface area contributed by atoms with Crippen LogP contribution >= 0.6 is 0 Å². The van der Waals surface area contributed by atoms with Crippen LogP contribution in [0.15, 0.2) is 53.5 Å². The molecule has 0 fully saturated rings. The third-order valence-electron chi connectivity index (χ3n) is 4.49. The number of aryl methyl sites for hydroxylation is 1. The fraction of sp³-hybridized carbons (Fsp3) is 0.409. The maximum absolute atomic E-state index is 11.6. The quantitative estimate of drug-likeness (QED) is 0.398. The molecule has 0 aromatic heterocycles. The lowest BCUT2D eigenvalue weighted by molar-refractivity contribution is 0.606. The number of nitrogens with one attached hydrogen (secondary N) is 3. The molecule has 0 saturated carbocycles. The Morgan fingerprint density at radius 2 is 1.83 bits per heavy atom. The number of rotatable bonds is 10. The maximum Gasteiger partial charge on any atom is 0.229 e. The first-order valence-corrected chi connectivity index (χ1v) is 12.1. The first-order chi connectivity index (χ1) is 14.3. The van der Waals surface area contributed by atoms with Gasteiger partial charge in [0, 0.05) is 31.9 Å². The van der Waals surface area contributed by atoms with Crippen molar-refractivity contribution in [3.05, 3.63) is 59.7 Å². The number of benzene rings is 2. The van der Waals surface area contributed by atoms with E-state index in [-0.39, 0.29) is 0 Å². The van der Waals surface area contributed by atoms with Crippen LogP contribution < -0.4 is 20.3 Å². The minimum absolute atomic E-state index is 0.364. The summed E-state index contributed by atoms with van der Waals surface area (Å²) < 4.78 is 25.7. The van der Waals surface area contributed by atoms with Gasteiger partial charge < -0.3 is 15.5 Å². The van der Waals surface area contributed by atoms with Gasteiger partial charge in [-0.2, -0.15) is 0 Å². The molecule has 0 radical (unpaired) electrons. The molecule has 0 spiro atoms. The predicted octanol–water partition coefficient (Wildman–Crippen LogP) is 2.95. The average molecular weight is 432 g/mol. The van der Waals surface area contributed by atoms with Crippen molar-refractivity contribution in [2.75, 3.05) is 42.1 Å². The lowest BCUT2D eigenvalue weighted by Gasteiger charge is -2.24. The topological polar surface area (TPSA) is 85.8 Å². The summed E-state index contributed by atoms with van der Waals surface area (Å²) in [6.07, 6.45) is 1.15. The average Bonchev–Trinajstić information content (AvgIpc) is 2.69. The highest BCUT2D eigenvalue weighted by atomic mass is 32.2. The molecule has 30 heavy (non-hydrogen) atoms. The van der Waals surface area contributed by atoms with Crippen molar-refractivity contribution in [2.24, 2.45) is 4.99 Å². The largest absolute Gasteiger partial charge is 0.370 e. The molecule has 2 rings (SSSR count). The van der Waals surface area contributed by atoms with E-state index in [4.69, 9.17) is 0 Å². The van der Waals surface area contributed by atoms with Gasteiger partial charge in [0.1, 0.15) is 0 Å². The van der Waals surface area contributed by atoms with Gasteiger partial charge in [-0.25, -0.2) is 13.4 Å². The Hall–Kier alpha value is -2.74. The van der Waals surface area contributed by atoms with Crippen LogP contribution in [-0.2, 0) is 16.6 Å². The molecule has 3 N–H and O–H groups in total. The van der Waals surface area contributed by atoms with E-state index < -0.39 is 10.0 Å². The second-order valence-electron chi connectivity index (χ2n) is 7.07. The molecule has 0 aliphatic rings. The Bertz CT molecular complexity index is 944. The number of likely N-dealkylation sites (N-methyl/N-ethyl adjacent to an activating group) is 1. The van der Waals surface area contributed by atoms with E-state index in [1.807, 2.05) is 19.1 Å².